The Kier molecular flexibility index (Phi) is 6.34. The molecule has 1 rings (SSSR count). The van der Waals surface area contributed by atoms with Crippen molar-refractivity contribution in [2.24, 2.45) is 0 Å². The molecule has 0 aliphatic carbocycles. The molecule has 0 aromatic rings. The van der Waals surface area contributed by atoms with E-state index in [-0.39, 0.29) is 31.2 Å². The summed E-state index contributed by atoms with van der Waals surface area (Å²) in [5, 5.41) is 5.39. The summed E-state index contributed by atoms with van der Waals surface area (Å²) in [6.07, 6.45) is 0.280. The van der Waals surface area contributed by atoms with Gasteiger partial charge in [0.25, 0.3) is 0 Å². The summed E-state index contributed by atoms with van der Waals surface area (Å²) in [6.45, 7) is 8.99. The second-order valence-corrected chi connectivity index (χ2v) is 7.48. The van der Waals surface area contributed by atoms with Gasteiger partial charge in [-0.3, -0.25) is 19.3 Å². The standard InChI is InChI=1S/C16H27N3O5/c1-15(2,3)24-14(23)17-9-8-16(4,5)18-11(20)10-19-12(21)6-7-13(19)22/h6-10H2,1-5H3,(H,17,23)(H,18,20). The molecule has 0 unspecified atom stereocenters. The number of ether oxygens (including phenoxy) is 1. The van der Waals surface area contributed by atoms with Crippen LogP contribution in [0.25, 0.3) is 0 Å². The second kappa shape index (κ2) is 7.63. The van der Waals surface area contributed by atoms with E-state index in [1.807, 2.05) is 0 Å². The Labute approximate surface area is 142 Å². The van der Waals surface area contributed by atoms with E-state index in [0.29, 0.717) is 13.0 Å². The number of carbonyl (C=O) groups is 4. The first kappa shape index (κ1) is 19.9. The van der Waals surface area contributed by atoms with E-state index >= 15 is 0 Å². The summed E-state index contributed by atoms with van der Waals surface area (Å²) in [4.78, 5) is 47.6. The third-order valence-corrected chi connectivity index (χ3v) is 3.35. The number of hydrogen-bond acceptors (Lipinski definition) is 5. The van der Waals surface area contributed by atoms with Crippen LogP contribution in [0, 0.1) is 0 Å². The molecule has 1 heterocycles. The van der Waals surface area contributed by atoms with Crippen molar-refractivity contribution in [3.63, 3.8) is 0 Å². The zero-order chi connectivity index (χ0) is 18.5. The van der Waals surface area contributed by atoms with Crippen molar-refractivity contribution in [3.05, 3.63) is 0 Å². The molecule has 0 bridgehead atoms. The van der Waals surface area contributed by atoms with Gasteiger partial charge >= 0.3 is 6.09 Å². The van der Waals surface area contributed by atoms with Crippen LogP contribution in [0.3, 0.4) is 0 Å². The molecule has 1 aliphatic rings. The number of nitrogens with one attached hydrogen (secondary N) is 2. The lowest BCUT2D eigenvalue weighted by Gasteiger charge is -2.27. The Balaban J connectivity index is 2.37. The molecular weight excluding hydrogens is 314 g/mol. The van der Waals surface area contributed by atoms with Crippen LogP contribution in [0.4, 0.5) is 4.79 Å². The van der Waals surface area contributed by atoms with E-state index < -0.39 is 23.1 Å². The highest BCUT2D eigenvalue weighted by Gasteiger charge is 2.31. The lowest BCUT2D eigenvalue weighted by molar-refractivity contribution is -0.142. The number of alkyl carbamates (subject to hydrolysis) is 1. The van der Waals surface area contributed by atoms with Crippen LogP contribution in [0.15, 0.2) is 0 Å². The molecule has 8 nitrogen and oxygen atoms in total. The highest BCUT2D eigenvalue weighted by atomic mass is 16.6. The van der Waals surface area contributed by atoms with Gasteiger partial charge in [-0.05, 0) is 41.0 Å². The van der Waals surface area contributed by atoms with E-state index in [9.17, 15) is 19.2 Å². The fourth-order valence-corrected chi connectivity index (χ4v) is 2.21. The molecule has 0 saturated carbocycles. The van der Waals surface area contributed by atoms with Crippen LogP contribution in [-0.4, -0.2) is 52.9 Å². The maximum absolute atomic E-state index is 12.0. The first-order chi connectivity index (χ1) is 10.9. The lowest BCUT2D eigenvalue weighted by Crippen LogP contribution is -2.50. The van der Waals surface area contributed by atoms with Crippen molar-refractivity contribution in [2.75, 3.05) is 13.1 Å². The fraction of sp³-hybridized carbons (Fsp3) is 0.750. The van der Waals surface area contributed by atoms with Crippen LogP contribution in [0.1, 0.15) is 53.9 Å². The Hall–Kier alpha value is -2.12. The predicted molar refractivity (Wildman–Crippen MR) is 87.0 cm³/mol. The maximum atomic E-state index is 12.0. The summed E-state index contributed by atoms with van der Waals surface area (Å²) < 4.78 is 5.13. The zero-order valence-corrected chi connectivity index (χ0v) is 15.0. The largest absolute Gasteiger partial charge is 0.444 e. The molecule has 0 atom stereocenters. The van der Waals surface area contributed by atoms with Gasteiger partial charge < -0.3 is 15.4 Å². The third-order valence-electron chi connectivity index (χ3n) is 3.35. The maximum Gasteiger partial charge on any atom is 0.407 e. The van der Waals surface area contributed by atoms with Crippen LogP contribution in [-0.2, 0) is 19.1 Å². The molecule has 24 heavy (non-hydrogen) atoms. The Morgan fingerprint density at radius 2 is 1.62 bits per heavy atom. The molecule has 2 N–H and O–H groups in total. The van der Waals surface area contributed by atoms with Gasteiger partial charge in [-0.2, -0.15) is 0 Å². The van der Waals surface area contributed by atoms with Crippen molar-refractivity contribution in [3.8, 4) is 0 Å². The van der Waals surface area contributed by atoms with Crippen LogP contribution in [0.2, 0.25) is 0 Å². The van der Waals surface area contributed by atoms with Gasteiger partial charge in [0.2, 0.25) is 17.7 Å². The van der Waals surface area contributed by atoms with Crippen molar-refractivity contribution in [2.45, 2.75) is 65.0 Å². The summed E-state index contributed by atoms with van der Waals surface area (Å²) in [7, 11) is 0. The number of carbonyl (C=O) groups excluding carboxylic acids is 4. The van der Waals surface area contributed by atoms with Crippen molar-refractivity contribution in [1.82, 2.24) is 15.5 Å². The quantitative estimate of drug-likeness (QED) is 0.700. The molecule has 1 saturated heterocycles. The first-order valence-electron chi connectivity index (χ1n) is 8.01. The molecule has 0 spiro atoms. The van der Waals surface area contributed by atoms with E-state index in [1.165, 1.54) is 0 Å². The number of likely N-dealkylation sites (tertiary alicyclic amines) is 1. The molecular formula is C16H27N3O5. The number of amides is 4. The molecule has 8 heteroatoms. The number of nitrogens with zero attached hydrogens (tertiary/aromatic N) is 1. The van der Waals surface area contributed by atoms with E-state index in [1.54, 1.807) is 34.6 Å². The van der Waals surface area contributed by atoms with Gasteiger partial charge in [0.1, 0.15) is 12.1 Å². The normalized spacial score (nSPS) is 15.5. The van der Waals surface area contributed by atoms with Crippen molar-refractivity contribution >= 4 is 23.8 Å². The Bertz CT molecular complexity index is 506. The van der Waals surface area contributed by atoms with Gasteiger partial charge in [0.15, 0.2) is 0 Å². The highest BCUT2D eigenvalue weighted by Crippen LogP contribution is 2.12. The second-order valence-electron chi connectivity index (χ2n) is 7.48. The minimum Gasteiger partial charge on any atom is -0.444 e. The summed E-state index contributed by atoms with van der Waals surface area (Å²) in [5.41, 5.74) is -1.17. The molecule has 136 valence electrons. The zero-order valence-electron chi connectivity index (χ0n) is 15.0. The average molecular weight is 341 g/mol. The number of imide groups is 1. The topological polar surface area (TPSA) is 105 Å². The SMILES string of the molecule is CC(C)(CCNC(=O)OC(C)(C)C)NC(=O)CN1C(=O)CCC1=O. The lowest BCUT2D eigenvalue weighted by atomic mass is 10.0. The van der Waals surface area contributed by atoms with Gasteiger partial charge in [0.05, 0.1) is 0 Å². The smallest absolute Gasteiger partial charge is 0.407 e. The molecule has 1 aliphatic heterocycles. The van der Waals surface area contributed by atoms with Crippen LogP contribution >= 0.6 is 0 Å². The molecule has 0 radical (unpaired) electrons. The van der Waals surface area contributed by atoms with E-state index in [4.69, 9.17) is 4.74 Å². The van der Waals surface area contributed by atoms with Gasteiger partial charge in [-0.1, -0.05) is 0 Å². The Morgan fingerprint density at radius 1 is 1.08 bits per heavy atom. The molecule has 1 fully saturated rings. The predicted octanol–water partition coefficient (Wildman–Crippen LogP) is 0.945. The van der Waals surface area contributed by atoms with Crippen LogP contribution < -0.4 is 10.6 Å². The molecule has 0 aromatic heterocycles. The molecule has 4 amide bonds. The average Bonchev–Trinajstić information content (AvgIpc) is 2.67. The summed E-state index contributed by atoms with van der Waals surface area (Å²) in [6, 6.07) is 0. The minimum absolute atomic E-state index is 0.162. The van der Waals surface area contributed by atoms with Gasteiger partial charge in [0, 0.05) is 24.9 Å². The van der Waals surface area contributed by atoms with Crippen molar-refractivity contribution in [1.29, 1.82) is 0 Å². The first-order valence-corrected chi connectivity index (χ1v) is 8.01. The summed E-state index contributed by atoms with van der Waals surface area (Å²) >= 11 is 0. The Morgan fingerprint density at radius 3 is 2.12 bits per heavy atom. The monoisotopic (exact) mass is 341 g/mol. The van der Waals surface area contributed by atoms with Crippen LogP contribution in [0.5, 0.6) is 0 Å². The van der Waals surface area contributed by atoms with Crippen molar-refractivity contribution < 1.29 is 23.9 Å². The molecule has 0 aromatic carbocycles. The minimum atomic E-state index is -0.599. The third kappa shape index (κ3) is 6.97. The summed E-state index contributed by atoms with van der Waals surface area (Å²) in [5.74, 6) is -1.04. The highest BCUT2D eigenvalue weighted by molar-refractivity contribution is 6.04. The fourth-order valence-electron chi connectivity index (χ4n) is 2.21. The van der Waals surface area contributed by atoms with E-state index in [2.05, 4.69) is 10.6 Å². The number of rotatable bonds is 6. The number of hydrogen-bond donors (Lipinski definition) is 2. The van der Waals surface area contributed by atoms with E-state index in [0.717, 1.165) is 4.90 Å². The van der Waals surface area contributed by atoms with Gasteiger partial charge in [-0.15, -0.1) is 0 Å². The van der Waals surface area contributed by atoms with Gasteiger partial charge in [-0.25, -0.2) is 4.79 Å².